The van der Waals surface area contributed by atoms with Crippen LogP contribution in [0.5, 0.6) is 5.75 Å². The molecule has 0 saturated carbocycles. The van der Waals surface area contributed by atoms with Gasteiger partial charge in [0.05, 0.1) is 0 Å². The fourth-order valence-corrected chi connectivity index (χ4v) is 2.44. The summed E-state index contributed by atoms with van der Waals surface area (Å²) in [6.07, 6.45) is 0. The topological polar surface area (TPSA) is 56.8 Å². The van der Waals surface area contributed by atoms with Crippen LogP contribution in [-0.4, -0.2) is 19.0 Å². The van der Waals surface area contributed by atoms with Crippen molar-refractivity contribution < 1.29 is 9.57 Å². The highest BCUT2D eigenvalue weighted by Crippen LogP contribution is 2.21. The molecule has 0 amide bonds. The lowest BCUT2D eigenvalue weighted by Gasteiger charge is -2.11. The average Bonchev–Trinajstić information content (AvgIpc) is 2.95. The summed E-state index contributed by atoms with van der Waals surface area (Å²) in [5.41, 5.74) is 8.89. The molecule has 2 rings (SSSR count). The fraction of sp³-hybridized carbons (Fsp3) is 0.267. The Morgan fingerprint density at radius 1 is 1.20 bits per heavy atom. The van der Waals surface area contributed by atoms with Gasteiger partial charge >= 0.3 is 0 Å². The van der Waals surface area contributed by atoms with E-state index in [9.17, 15) is 0 Å². The minimum atomic E-state index is 0.360. The average molecular weight is 290 g/mol. The van der Waals surface area contributed by atoms with E-state index in [4.69, 9.17) is 15.3 Å². The molecule has 0 radical (unpaired) electrons. The zero-order chi connectivity index (χ0) is 14.4. The Balaban J connectivity index is 1.78. The first-order chi connectivity index (χ1) is 9.68. The fourth-order valence-electron chi connectivity index (χ4n) is 1.79. The van der Waals surface area contributed by atoms with Crippen LogP contribution >= 0.6 is 11.3 Å². The minimum Gasteiger partial charge on any atom is -0.489 e. The van der Waals surface area contributed by atoms with Crippen molar-refractivity contribution in [3.8, 4) is 5.75 Å². The van der Waals surface area contributed by atoms with Crippen LogP contribution in [-0.2, 0) is 4.84 Å². The number of benzene rings is 1. The van der Waals surface area contributed by atoms with Gasteiger partial charge in [0, 0.05) is 10.9 Å². The number of aryl methyl sites for hydroxylation is 2. The molecule has 0 unspecified atom stereocenters. The monoisotopic (exact) mass is 290 g/mol. The molecular formula is C15H18N2O2S. The molecule has 2 N–H and O–H groups in total. The Morgan fingerprint density at radius 2 is 1.95 bits per heavy atom. The Kier molecular flexibility index (Phi) is 5.01. The maximum absolute atomic E-state index is 5.77. The van der Waals surface area contributed by atoms with Crippen molar-refractivity contribution in [1.29, 1.82) is 0 Å². The molecule has 106 valence electrons. The number of nitrogens with two attached hydrogens (primary N) is 1. The van der Waals surface area contributed by atoms with Crippen LogP contribution in [0.4, 0.5) is 0 Å². The second kappa shape index (κ2) is 6.96. The van der Waals surface area contributed by atoms with Gasteiger partial charge in [0.1, 0.15) is 12.4 Å². The molecule has 0 aliphatic carbocycles. The molecule has 4 nitrogen and oxygen atoms in total. The molecular weight excluding hydrogens is 272 g/mol. The lowest BCUT2D eigenvalue weighted by atomic mass is 10.1. The van der Waals surface area contributed by atoms with Crippen LogP contribution in [0.2, 0.25) is 0 Å². The molecule has 0 fully saturated rings. The van der Waals surface area contributed by atoms with Crippen molar-refractivity contribution in [3.63, 3.8) is 0 Å². The number of hydrogen-bond acceptors (Lipinski definition) is 4. The van der Waals surface area contributed by atoms with Gasteiger partial charge in [0.2, 0.25) is 0 Å². The van der Waals surface area contributed by atoms with E-state index in [1.807, 2.05) is 48.9 Å². The van der Waals surface area contributed by atoms with Crippen LogP contribution in [0.3, 0.4) is 0 Å². The Labute approximate surface area is 122 Å². The third kappa shape index (κ3) is 3.74. The number of oxime groups is 1. The third-order valence-corrected chi connectivity index (χ3v) is 3.49. The van der Waals surface area contributed by atoms with Gasteiger partial charge in [-0.25, -0.2) is 0 Å². The third-order valence-electron chi connectivity index (χ3n) is 2.81. The highest BCUT2D eigenvalue weighted by atomic mass is 32.1. The number of thiophene rings is 1. The lowest BCUT2D eigenvalue weighted by molar-refractivity contribution is 0.106. The minimum absolute atomic E-state index is 0.360. The number of ether oxygens (including phenoxy) is 1. The molecule has 1 aromatic heterocycles. The van der Waals surface area contributed by atoms with Gasteiger partial charge in [0.15, 0.2) is 12.4 Å². The number of para-hydroxylation sites is 1. The molecule has 0 aliphatic heterocycles. The van der Waals surface area contributed by atoms with Crippen molar-refractivity contribution in [1.82, 2.24) is 0 Å². The Morgan fingerprint density at radius 3 is 2.60 bits per heavy atom. The predicted molar refractivity (Wildman–Crippen MR) is 82.4 cm³/mol. The zero-order valence-corrected chi connectivity index (χ0v) is 12.4. The summed E-state index contributed by atoms with van der Waals surface area (Å²) in [4.78, 5) is 5.16. The summed E-state index contributed by atoms with van der Waals surface area (Å²) in [5, 5.41) is 7.74. The molecule has 0 atom stereocenters. The quantitative estimate of drug-likeness (QED) is 0.385. The molecule has 0 bridgehead atoms. The lowest BCUT2D eigenvalue weighted by Crippen LogP contribution is -2.14. The summed E-state index contributed by atoms with van der Waals surface area (Å²) in [7, 11) is 0. The van der Waals surface area contributed by atoms with Crippen LogP contribution < -0.4 is 10.5 Å². The maximum Gasteiger partial charge on any atom is 0.171 e. The number of nitrogens with zero attached hydrogens (tertiary/aromatic N) is 1. The van der Waals surface area contributed by atoms with Crippen LogP contribution in [0, 0.1) is 13.8 Å². The first-order valence-corrected chi connectivity index (χ1v) is 7.30. The molecule has 1 aromatic carbocycles. The number of amidine groups is 1. The van der Waals surface area contributed by atoms with Gasteiger partial charge in [-0.05, 0) is 36.4 Å². The smallest absolute Gasteiger partial charge is 0.171 e. The Hall–Kier alpha value is -2.01. The first kappa shape index (κ1) is 14.4. The SMILES string of the molecule is Cc1cccc(C)c1OCCO/N=C(\N)c1ccsc1. The summed E-state index contributed by atoms with van der Waals surface area (Å²) >= 11 is 1.57. The summed E-state index contributed by atoms with van der Waals surface area (Å²) < 4.78 is 5.71. The first-order valence-electron chi connectivity index (χ1n) is 6.35. The number of hydrogen-bond donors (Lipinski definition) is 1. The van der Waals surface area contributed by atoms with Crippen molar-refractivity contribution in [2.24, 2.45) is 10.9 Å². The van der Waals surface area contributed by atoms with Gasteiger partial charge < -0.3 is 15.3 Å². The zero-order valence-electron chi connectivity index (χ0n) is 11.6. The Bertz CT molecular complexity index is 559. The van der Waals surface area contributed by atoms with E-state index in [2.05, 4.69) is 5.16 Å². The van der Waals surface area contributed by atoms with Crippen LogP contribution in [0.25, 0.3) is 0 Å². The van der Waals surface area contributed by atoms with Crippen molar-refractivity contribution in [2.45, 2.75) is 13.8 Å². The van der Waals surface area contributed by atoms with Crippen LogP contribution in [0.15, 0.2) is 40.2 Å². The summed E-state index contributed by atoms with van der Waals surface area (Å²) in [6, 6.07) is 7.96. The largest absolute Gasteiger partial charge is 0.489 e. The standard InChI is InChI=1S/C15H18N2O2S/c1-11-4-3-5-12(2)14(11)18-7-8-19-17-15(16)13-6-9-20-10-13/h3-6,9-10H,7-8H2,1-2H3,(H2,16,17). The molecule has 0 aliphatic rings. The number of rotatable bonds is 6. The van der Waals surface area contributed by atoms with Gasteiger partial charge in [-0.15, -0.1) is 0 Å². The van der Waals surface area contributed by atoms with Gasteiger partial charge in [0.25, 0.3) is 0 Å². The second-order valence-electron chi connectivity index (χ2n) is 4.39. The maximum atomic E-state index is 5.77. The van der Waals surface area contributed by atoms with Crippen LogP contribution in [0.1, 0.15) is 16.7 Å². The van der Waals surface area contributed by atoms with E-state index in [0.717, 1.165) is 22.4 Å². The molecule has 20 heavy (non-hydrogen) atoms. The molecule has 2 aromatic rings. The predicted octanol–water partition coefficient (Wildman–Crippen LogP) is 3.08. The highest BCUT2D eigenvalue weighted by Gasteiger charge is 2.03. The summed E-state index contributed by atoms with van der Waals surface area (Å²) in [5.74, 6) is 1.30. The van der Waals surface area contributed by atoms with E-state index >= 15 is 0 Å². The van der Waals surface area contributed by atoms with Gasteiger partial charge in [-0.2, -0.15) is 11.3 Å². The molecule has 1 heterocycles. The highest BCUT2D eigenvalue weighted by molar-refractivity contribution is 7.08. The van der Waals surface area contributed by atoms with E-state index in [-0.39, 0.29) is 0 Å². The van der Waals surface area contributed by atoms with Gasteiger partial charge in [-0.3, -0.25) is 0 Å². The van der Waals surface area contributed by atoms with E-state index in [0.29, 0.717) is 19.0 Å². The van der Waals surface area contributed by atoms with Crippen molar-refractivity contribution >= 4 is 17.2 Å². The molecule has 0 spiro atoms. The van der Waals surface area contributed by atoms with Crippen molar-refractivity contribution in [3.05, 3.63) is 51.7 Å². The van der Waals surface area contributed by atoms with E-state index < -0.39 is 0 Å². The summed E-state index contributed by atoms with van der Waals surface area (Å²) in [6.45, 7) is 4.84. The van der Waals surface area contributed by atoms with Crippen molar-refractivity contribution in [2.75, 3.05) is 13.2 Å². The normalized spacial score (nSPS) is 11.4. The molecule has 0 saturated heterocycles. The second-order valence-corrected chi connectivity index (χ2v) is 5.17. The van der Waals surface area contributed by atoms with E-state index in [1.54, 1.807) is 11.3 Å². The van der Waals surface area contributed by atoms with Gasteiger partial charge in [-0.1, -0.05) is 23.4 Å². The van der Waals surface area contributed by atoms with E-state index in [1.165, 1.54) is 0 Å². The molecule has 5 heteroatoms.